The van der Waals surface area contributed by atoms with Crippen LogP contribution in [0.5, 0.6) is 0 Å². The minimum Gasteiger partial charge on any atom is -0.348 e. The Kier molecular flexibility index (Phi) is 3.66. The average Bonchev–Trinajstić information content (AvgIpc) is 2.82. The van der Waals surface area contributed by atoms with Crippen LogP contribution in [0.4, 0.5) is 0 Å². The third kappa shape index (κ3) is 3.13. The molecule has 2 rings (SSSR count). The number of tetrazole rings is 1. The second kappa shape index (κ2) is 5.39. The van der Waals surface area contributed by atoms with Crippen molar-refractivity contribution in [1.82, 2.24) is 25.5 Å². The lowest BCUT2D eigenvalue weighted by atomic mass is 10.1. The van der Waals surface area contributed by atoms with Crippen LogP contribution in [0.15, 0.2) is 30.6 Å². The molecular weight excluding hydrogens is 230 g/mol. The van der Waals surface area contributed by atoms with Gasteiger partial charge in [0.2, 0.25) is 5.91 Å². The van der Waals surface area contributed by atoms with Crippen molar-refractivity contribution in [3.63, 3.8) is 0 Å². The van der Waals surface area contributed by atoms with Crippen molar-refractivity contribution in [2.75, 3.05) is 0 Å². The number of nitrogens with zero attached hydrogens (tertiary/aromatic N) is 4. The molecule has 6 nitrogen and oxygen atoms in total. The molecule has 0 saturated heterocycles. The van der Waals surface area contributed by atoms with Crippen molar-refractivity contribution in [3.8, 4) is 0 Å². The Morgan fingerprint density at radius 1 is 1.39 bits per heavy atom. The van der Waals surface area contributed by atoms with Gasteiger partial charge < -0.3 is 5.32 Å². The van der Waals surface area contributed by atoms with Crippen LogP contribution in [0, 0.1) is 6.92 Å². The van der Waals surface area contributed by atoms with Gasteiger partial charge in [0.25, 0.3) is 0 Å². The van der Waals surface area contributed by atoms with Crippen molar-refractivity contribution >= 4 is 5.91 Å². The molecule has 1 unspecified atom stereocenters. The molecule has 2 aromatic rings. The predicted molar refractivity (Wildman–Crippen MR) is 65.6 cm³/mol. The number of nitrogens with one attached hydrogen (secondary N) is 1. The average molecular weight is 245 g/mol. The van der Waals surface area contributed by atoms with E-state index in [0.717, 1.165) is 5.56 Å². The smallest absolute Gasteiger partial charge is 0.242 e. The van der Waals surface area contributed by atoms with Gasteiger partial charge in [0, 0.05) is 0 Å². The zero-order valence-corrected chi connectivity index (χ0v) is 10.4. The second-order valence-electron chi connectivity index (χ2n) is 4.21. The van der Waals surface area contributed by atoms with Crippen molar-refractivity contribution in [2.45, 2.75) is 26.4 Å². The lowest BCUT2D eigenvalue weighted by Gasteiger charge is -2.14. The molecule has 0 radical (unpaired) electrons. The largest absolute Gasteiger partial charge is 0.348 e. The Labute approximate surface area is 105 Å². The zero-order chi connectivity index (χ0) is 13.0. The Hall–Kier alpha value is -2.24. The van der Waals surface area contributed by atoms with E-state index < -0.39 is 0 Å². The van der Waals surface area contributed by atoms with Gasteiger partial charge in [-0.05, 0) is 29.8 Å². The van der Waals surface area contributed by atoms with Gasteiger partial charge in [0.1, 0.15) is 12.9 Å². The zero-order valence-electron chi connectivity index (χ0n) is 10.4. The molecule has 1 aromatic heterocycles. The number of carbonyl (C=O) groups excluding carboxylic acids is 1. The minimum atomic E-state index is -0.115. The highest BCUT2D eigenvalue weighted by Gasteiger charge is 2.10. The summed E-state index contributed by atoms with van der Waals surface area (Å²) in [6.45, 7) is 4.11. The number of benzene rings is 1. The van der Waals surface area contributed by atoms with Gasteiger partial charge in [-0.2, -0.15) is 0 Å². The monoisotopic (exact) mass is 245 g/mol. The highest BCUT2D eigenvalue weighted by molar-refractivity contribution is 5.76. The number of aromatic nitrogens is 4. The number of hydrogen-bond donors (Lipinski definition) is 1. The molecule has 0 aliphatic rings. The Morgan fingerprint density at radius 2 is 2.11 bits per heavy atom. The maximum atomic E-state index is 11.7. The van der Waals surface area contributed by atoms with E-state index in [-0.39, 0.29) is 18.5 Å². The quantitative estimate of drug-likeness (QED) is 0.867. The lowest BCUT2D eigenvalue weighted by molar-refractivity contribution is -0.122. The van der Waals surface area contributed by atoms with Gasteiger partial charge in [-0.25, -0.2) is 4.68 Å². The summed E-state index contributed by atoms with van der Waals surface area (Å²) in [5, 5.41) is 13.5. The second-order valence-corrected chi connectivity index (χ2v) is 4.21. The molecule has 1 heterocycles. The first kappa shape index (κ1) is 12.2. The summed E-state index contributed by atoms with van der Waals surface area (Å²) in [6, 6.07) is 8.04. The summed E-state index contributed by atoms with van der Waals surface area (Å²) in [5.41, 5.74) is 2.27. The highest BCUT2D eigenvalue weighted by Crippen LogP contribution is 2.12. The van der Waals surface area contributed by atoms with E-state index in [2.05, 4.69) is 20.8 Å². The van der Waals surface area contributed by atoms with Crippen LogP contribution >= 0.6 is 0 Å². The van der Waals surface area contributed by atoms with Gasteiger partial charge in [0.15, 0.2) is 0 Å². The van der Waals surface area contributed by atoms with Crippen LogP contribution < -0.4 is 5.32 Å². The molecule has 1 N–H and O–H groups in total. The molecule has 1 atom stereocenters. The first-order chi connectivity index (χ1) is 8.65. The van der Waals surface area contributed by atoms with Gasteiger partial charge in [-0.15, -0.1) is 5.10 Å². The van der Waals surface area contributed by atoms with Crippen molar-refractivity contribution in [2.24, 2.45) is 0 Å². The molecule has 0 spiro atoms. The molecular formula is C12H15N5O. The fourth-order valence-electron chi connectivity index (χ4n) is 1.63. The van der Waals surface area contributed by atoms with Crippen molar-refractivity contribution < 1.29 is 4.79 Å². The van der Waals surface area contributed by atoms with Crippen molar-refractivity contribution in [1.29, 1.82) is 0 Å². The molecule has 6 heteroatoms. The fourth-order valence-corrected chi connectivity index (χ4v) is 1.63. The fraction of sp³-hybridized carbons (Fsp3) is 0.333. The summed E-state index contributed by atoms with van der Waals surface area (Å²) in [6.07, 6.45) is 1.41. The van der Waals surface area contributed by atoms with E-state index in [4.69, 9.17) is 0 Å². The molecule has 0 fully saturated rings. The first-order valence-corrected chi connectivity index (χ1v) is 5.72. The van der Waals surface area contributed by atoms with E-state index >= 15 is 0 Å². The summed E-state index contributed by atoms with van der Waals surface area (Å²) in [7, 11) is 0. The Morgan fingerprint density at radius 3 is 2.72 bits per heavy atom. The van der Waals surface area contributed by atoms with Crippen LogP contribution in [0.2, 0.25) is 0 Å². The van der Waals surface area contributed by atoms with E-state index in [1.54, 1.807) is 0 Å². The molecule has 0 aliphatic carbocycles. The molecule has 1 aromatic carbocycles. The van der Waals surface area contributed by atoms with E-state index in [0.29, 0.717) is 0 Å². The van der Waals surface area contributed by atoms with E-state index in [9.17, 15) is 4.79 Å². The standard InChI is InChI=1S/C12H15N5O/c1-9-3-5-11(6-4-9)10(2)14-12(18)7-17-8-13-15-16-17/h3-6,8,10H,7H2,1-2H3,(H,14,18). The van der Waals surface area contributed by atoms with Crippen LogP contribution in [0.3, 0.4) is 0 Å². The number of aryl methyl sites for hydroxylation is 1. The first-order valence-electron chi connectivity index (χ1n) is 5.72. The normalized spacial score (nSPS) is 12.1. The molecule has 0 bridgehead atoms. The maximum absolute atomic E-state index is 11.7. The Balaban J connectivity index is 1.92. The molecule has 18 heavy (non-hydrogen) atoms. The van der Waals surface area contributed by atoms with Crippen LogP contribution in [-0.4, -0.2) is 26.1 Å². The van der Waals surface area contributed by atoms with E-state index in [1.165, 1.54) is 16.6 Å². The topological polar surface area (TPSA) is 72.7 Å². The maximum Gasteiger partial charge on any atom is 0.242 e. The van der Waals surface area contributed by atoms with Crippen LogP contribution in [0.1, 0.15) is 24.1 Å². The summed E-state index contributed by atoms with van der Waals surface area (Å²) >= 11 is 0. The van der Waals surface area contributed by atoms with Crippen LogP contribution in [-0.2, 0) is 11.3 Å². The highest BCUT2D eigenvalue weighted by atomic mass is 16.2. The number of rotatable bonds is 4. The number of hydrogen-bond acceptors (Lipinski definition) is 4. The Bertz CT molecular complexity index is 506. The molecule has 0 aliphatic heterocycles. The third-order valence-corrected chi connectivity index (χ3v) is 2.65. The van der Waals surface area contributed by atoms with Gasteiger partial charge in [0.05, 0.1) is 6.04 Å². The number of amides is 1. The van der Waals surface area contributed by atoms with Gasteiger partial charge in [-0.3, -0.25) is 4.79 Å². The SMILES string of the molecule is Cc1ccc(C(C)NC(=O)Cn2cnnn2)cc1. The molecule has 1 amide bonds. The lowest BCUT2D eigenvalue weighted by Crippen LogP contribution is -2.30. The number of carbonyl (C=O) groups is 1. The third-order valence-electron chi connectivity index (χ3n) is 2.65. The minimum absolute atomic E-state index is 0.0328. The molecule has 94 valence electrons. The summed E-state index contributed by atoms with van der Waals surface area (Å²) < 4.78 is 1.39. The summed E-state index contributed by atoms with van der Waals surface area (Å²) in [5.74, 6) is -0.115. The molecule has 0 saturated carbocycles. The van der Waals surface area contributed by atoms with E-state index in [1.807, 2.05) is 38.1 Å². The van der Waals surface area contributed by atoms with Crippen molar-refractivity contribution in [3.05, 3.63) is 41.7 Å². The van der Waals surface area contributed by atoms with Crippen LogP contribution in [0.25, 0.3) is 0 Å². The van der Waals surface area contributed by atoms with Gasteiger partial charge in [-0.1, -0.05) is 29.8 Å². The van der Waals surface area contributed by atoms with Gasteiger partial charge >= 0.3 is 0 Å². The predicted octanol–water partition coefficient (Wildman–Crippen LogP) is 0.859. The summed E-state index contributed by atoms with van der Waals surface area (Å²) in [4.78, 5) is 11.7.